The Kier molecular flexibility index (Phi) is 5.19. The fraction of sp³-hybridized carbons (Fsp3) is 0.200. The Morgan fingerprint density at radius 3 is 2.00 bits per heavy atom. The summed E-state index contributed by atoms with van der Waals surface area (Å²) in [7, 11) is 0. The third-order valence-electron chi connectivity index (χ3n) is 1.73. The van der Waals surface area contributed by atoms with E-state index in [2.05, 4.69) is 13.0 Å². The van der Waals surface area contributed by atoms with Gasteiger partial charge in [-0.15, -0.1) is 0 Å². The van der Waals surface area contributed by atoms with Gasteiger partial charge in [-0.3, -0.25) is 0 Å². The lowest BCUT2D eigenvalue weighted by molar-refractivity contribution is 1.35. The molecule has 0 saturated carbocycles. The van der Waals surface area contributed by atoms with E-state index in [4.69, 9.17) is 16.6 Å². The van der Waals surface area contributed by atoms with E-state index < -0.39 is 0 Å². The second-order valence-corrected chi connectivity index (χ2v) is 2.62. The molecule has 3 nitrogen and oxygen atoms in total. The predicted octanol–water partition coefficient (Wildman–Crippen LogP) is 2.17. The van der Waals surface area contributed by atoms with E-state index in [0.717, 1.165) is 18.1 Å². The minimum absolute atomic E-state index is 0.884. The summed E-state index contributed by atoms with van der Waals surface area (Å²) in [4.78, 5) is 0. The number of hydrogen-bond donors (Lipinski definition) is 3. The third kappa shape index (κ3) is 4.06. The van der Waals surface area contributed by atoms with Crippen molar-refractivity contribution in [3.63, 3.8) is 0 Å². The summed E-state index contributed by atoms with van der Waals surface area (Å²) < 4.78 is 0. The zero-order valence-corrected chi connectivity index (χ0v) is 7.96. The first-order valence-electron chi connectivity index (χ1n) is 3.94. The van der Waals surface area contributed by atoms with Crippen molar-refractivity contribution in [2.24, 2.45) is 0 Å². The fourth-order valence-corrected chi connectivity index (χ4v) is 0.774. The maximum atomic E-state index is 6.08. The second-order valence-electron chi connectivity index (χ2n) is 2.62. The molecule has 0 aromatic heterocycles. The lowest BCUT2D eigenvalue weighted by Gasteiger charge is -2.00. The molecule has 4 N–H and O–H groups in total. The van der Waals surface area contributed by atoms with Crippen LogP contribution in [0.2, 0.25) is 0 Å². The highest BCUT2D eigenvalue weighted by Gasteiger charge is 1.92. The van der Waals surface area contributed by atoms with Gasteiger partial charge in [0.1, 0.15) is 0 Å². The van der Waals surface area contributed by atoms with Gasteiger partial charge in [0.25, 0.3) is 0 Å². The van der Waals surface area contributed by atoms with Crippen LogP contribution in [0.1, 0.15) is 11.1 Å². The highest BCUT2D eigenvalue weighted by Crippen LogP contribution is 2.13. The molecule has 0 bridgehead atoms. The molecule has 1 rings (SSSR count). The van der Waals surface area contributed by atoms with Gasteiger partial charge in [0, 0.05) is 18.1 Å². The number of aryl methyl sites for hydroxylation is 1. The first-order valence-corrected chi connectivity index (χ1v) is 3.94. The maximum absolute atomic E-state index is 6.08. The van der Waals surface area contributed by atoms with E-state index in [1.807, 2.05) is 19.1 Å². The second kappa shape index (κ2) is 5.94. The van der Waals surface area contributed by atoms with E-state index in [0.29, 0.717) is 0 Å². The molecular formula is C10H15N3. The molecule has 1 aromatic rings. The minimum Gasteiger partial charge on any atom is -0.399 e. The normalized spacial score (nSPS) is 8.15. The molecule has 0 heterocycles. The first-order chi connectivity index (χ1) is 6.13. The Bertz CT molecular complexity index is 266. The van der Waals surface area contributed by atoms with E-state index in [1.54, 1.807) is 0 Å². The molecular weight excluding hydrogens is 162 g/mol. The van der Waals surface area contributed by atoms with Crippen LogP contribution >= 0.6 is 0 Å². The van der Waals surface area contributed by atoms with Crippen molar-refractivity contribution in [1.29, 1.82) is 10.8 Å². The van der Waals surface area contributed by atoms with Crippen molar-refractivity contribution in [1.82, 2.24) is 0 Å². The van der Waals surface area contributed by atoms with Gasteiger partial charge >= 0.3 is 0 Å². The quantitative estimate of drug-likeness (QED) is 0.446. The first kappa shape index (κ1) is 11.4. The van der Waals surface area contributed by atoms with Crippen molar-refractivity contribution < 1.29 is 0 Å². The van der Waals surface area contributed by atoms with Crippen molar-refractivity contribution in [3.8, 4) is 0 Å². The summed E-state index contributed by atoms with van der Waals surface area (Å²) in [6.45, 7) is 4.09. The highest BCUT2D eigenvalue weighted by molar-refractivity contribution is 6.12. The molecule has 0 atom stereocenters. The Hall–Kier alpha value is -1.64. The molecule has 0 unspecified atom stereocenters. The molecule has 0 saturated heterocycles. The topological polar surface area (TPSA) is 73.7 Å². The van der Waals surface area contributed by atoms with Gasteiger partial charge in [0.05, 0.1) is 0 Å². The van der Waals surface area contributed by atoms with Gasteiger partial charge in [-0.1, -0.05) is 12.1 Å². The molecule has 0 radical (unpaired) electrons. The maximum Gasteiger partial charge on any atom is 0.0353 e. The molecule has 1 aromatic carbocycles. The van der Waals surface area contributed by atoms with Gasteiger partial charge in [-0.25, -0.2) is 0 Å². The fourth-order valence-electron chi connectivity index (χ4n) is 0.774. The molecule has 0 fully saturated rings. The monoisotopic (exact) mass is 177 g/mol. The number of hydrogen-bond acceptors (Lipinski definition) is 3. The van der Waals surface area contributed by atoms with Gasteiger partial charge < -0.3 is 16.6 Å². The van der Waals surface area contributed by atoms with E-state index >= 15 is 0 Å². The van der Waals surface area contributed by atoms with Crippen LogP contribution in [-0.4, -0.2) is 12.4 Å². The molecule has 13 heavy (non-hydrogen) atoms. The number of rotatable bonds is 1. The number of nitrogens with one attached hydrogen (secondary N) is 2. The van der Waals surface area contributed by atoms with Crippen LogP contribution in [-0.2, 0) is 0 Å². The van der Waals surface area contributed by atoms with Gasteiger partial charge in [-0.2, -0.15) is 0 Å². The third-order valence-corrected chi connectivity index (χ3v) is 1.73. The van der Waals surface area contributed by atoms with Crippen LogP contribution in [0.4, 0.5) is 5.69 Å². The molecule has 0 aliphatic heterocycles. The van der Waals surface area contributed by atoms with Crippen LogP contribution in [0.3, 0.4) is 0 Å². The van der Waals surface area contributed by atoms with Gasteiger partial charge in [0.2, 0.25) is 0 Å². The summed E-state index contributed by atoms with van der Waals surface area (Å²) in [6.07, 6.45) is 1.83. The average Bonchev–Trinajstić information content (AvgIpc) is 2.14. The lowest BCUT2D eigenvalue weighted by atomic mass is 10.1. The Morgan fingerprint density at radius 1 is 1.15 bits per heavy atom. The summed E-state index contributed by atoms with van der Waals surface area (Å²) in [5, 5.41) is 12.2. The Labute approximate surface area is 78.6 Å². The highest BCUT2D eigenvalue weighted by atomic mass is 14.5. The molecule has 0 amide bonds. The van der Waals surface area contributed by atoms with E-state index in [-0.39, 0.29) is 0 Å². The number of anilines is 1. The molecule has 0 aliphatic carbocycles. The van der Waals surface area contributed by atoms with Gasteiger partial charge in [0.15, 0.2) is 0 Å². The van der Waals surface area contributed by atoms with Crippen LogP contribution in [0.15, 0.2) is 18.2 Å². The molecule has 70 valence electrons. The zero-order valence-electron chi connectivity index (χ0n) is 7.96. The van der Waals surface area contributed by atoms with Crippen LogP contribution in [0.25, 0.3) is 0 Å². The predicted molar refractivity (Wildman–Crippen MR) is 57.9 cm³/mol. The Balaban J connectivity index is 0.000000310. The van der Waals surface area contributed by atoms with Crippen molar-refractivity contribution in [3.05, 3.63) is 29.3 Å². The molecule has 0 aliphatic rings. The average molecular weight is 177 g/mol. The van der Waals surface area contributed by atoms with Crippen LogP contribution in [0, 0.1) is 24.7 Å². The van der Waals surface area contributed by atoms with Crippen molar-refractivity contribution >= 4 is 18.1 Å². The van der Waals surface area contributed by atoms with Crippen molar-refractivity contribution in [2.45, 2.75) is 13.8 Å². The Morgan fingerprint density at radius 2 is 1.69 bits per heavy atom. The number of nitrogen functional groups attached to an aromatic ring is 1. The van der Waals surface area contributed by atoms with Crippen molar-refractivity contribution in [2.75, 3.05) is 5.73 Å². The van der Waals surface area contributed by atoms with E-state index in [1.165, 1.54) is 11.1 Å². The SMILES string of the molecule is Cc1cccc(N)c1C.N=CC=N. The van der Waals surface area contributed by atoms with Crippen LogP contribution in [0.5, 0.6) is 0 Å². The largest absolute Gasteiger partial charge is 0.399 e. The van der Waals surface area contributed by atoms with Crippen LogP contribution < -0.4 is 5.73 Å². The summed E-state index contributed by atoms with van der Waals surface area (Å²) in [6, 6.07) is 5.95. The summed E-state index contributed by atoms with van der Waals surface area (Å²) in [5.74, 6) is 0. The zero-order chi connectivity index (χ0) is 10.3. The standard InChI is InChI=1S/C8H11N.C2H4N2/c1-6-4-3-5-8(9)7(6)2;3-1-2-4/h3-5H,9H2,1-2H3;1-4H. The smallest absolute Gasteiger partial charge is 0.0353 e. The minimum atomic E-state index is 0.884. The molecule has 3 heteroatoms. The summed E-state index contributed by atoms with van der Waals surface area (Å²) in [5.41, 5.74) is 8.96. The number of nitrogens with two attached hydrogens (primary N) is 1. The number of benzene rings is 1. The lowest BCUT2D eigenvalue weighted by Crippen LogP contribution is -1.90. The van der Waals surface area contributed by atoms with E-state index in [9.17, 15) is 0 Å². The molecule has 0 spiro atoms. The summed E-state index contributed by atoms with van der Waals surface area (Å²) >= 11 is 0. The van der Waals surface area contributed by atoms with Gasteiger partial charge in [-0.05, 0) is 31.0 Å².